The van der Waals surface area contributed by atoms with Crippen molar-refractivity contribution >= 4 is 29.3 Å². The third-order valence-electron chi connectivity index (χ3n) is 8.73. The number of nitrogens with zero attached hydrogens (tertiary/aromatic N) is 3. The lowest BCUT2D eigenvalue weighted by atomic mass is 9.59. The number of amides is 1. The number of morpholine rings is 1. The molecule has 3 aliphatic rings. The number of carbonyl (C=O) groups excluding carboxylic acids is 1. The van der Waals surface area contributed by atoms with Crippen molar-refractivity contribution in [2.45, 2.75) is 83.6 Å². The first kappa shape index (κ1) is 27.3. The van der Waals surface area contributed by atoms with Crippen molar-refractivity contribution in [2.75, 3.05) is 39.4 Å². The summed E-state index contributed by atoms with van der Waals surface area (Å²) < 4.78 is 19.8. The van der Waals surface area contributed by atoms with Crippen LogP contribution in [-0.4, -0.2) is 83.9 Å². The minimum Gasteiger partial charge on any atom is -0.421 e. The lowest BCUT2D eigenvalue weighted by molar-refractivity contribution is -0.152. The van der Waals surface area contributed by atoms with E-state index in [1.807, 2.05) is 33.8 Å². The highest BCUT2D eigenvalue weighted by molar-refractivity contribution is 6.67. The molecule has 0 atom stereocenters. The van der Waals surface area contributed by atoms with E-state index in [4.69, 9.17) is 19.1 Å². The van der Waals surface area contributed by atoms with Crippen LogP contribution in [0.2, 0.25) is 0 Å². The number of ether oxygens (including phenoxy) is 2. The molecule has 1 N–H and O–H groups in total. The van der Waals surface area contributed by atoms with Crippen LogP contribution in [0.5, 0.6) is 0 Å². The van der Waals surface area contributed by atoms with Gasteiger partial charge in [-0.05, 0) is 52.1 Å². The van der Waals surface area contributed by atoms with Crippen LogP contribution in [0.1, 0.15) is 70.2 Å². The molecule has 3 fully saturated rings. The Bertz CT molecular complexity index is 1220. The number of aromatic nitrogens is 2. The van der Waals surface area contributed by atoms with Gasteiger partial charge in [-0.3, -0.25) is 19.1 Å². The number of nitrogens with one attached hydrogen (secondary N) is 1. The molecule has 0 unspecified atom stereocenters. The van der Waals surface area contributed by atoms with E-state index in [2.05, 4.69) is 10.2 Å². The summed E-state index contributed by atoms with van der Waals surface area (Å²) in [7, 11) is 0. The second-order valence-corrected chi connectivity index (χ2v) is 11.9. The maximum absolute atomic E-state index is 13.7. The third kappa shape index (κ3) is 5.69. The van der Waals surface area contributed by atoms with Crippen LogP contribution in [0.25, 0.3) is 11.0 Å². The molecule has 0 bridgehead atoms. The van der Waals surface area contributed by atoms with Gasteiger partial charge < -0.3 is 19.4 Å². The molecule has 0 aromatic carbocycles. The minimum atomic E-state index is -0.493. The predicted molar refractivity (Wildman–Crippen MR) is 148 cm³/mol. The van der Waals surface area contributed by atoms with Crippen molar-refractivity contribution in [3.63, 3.8) is 0 Å². The molecule has 206 valence electrons. The first-order chi connectivity index (χ1) is 18.1. The van der Waals surface area contributed by atoms with Crippen LogP contribution in [0, 0.1) is 0 Å². The largest absolute Gasteiger partial charge is 0.421 e. The molecule has 9 nitrogen and oxygen atoms in total. The third-order valence-corrected chi connectivity index (χ3v) is 8.73. The Morgan fingerprint density at radius 1 is 1.08 bits per heavy atom. The van der Waals surface area contributed by atoms with E-state index in [0.29, 0.717) is 38.5 Å². The number of pyridine rings is 2. The fourth-order valence-corrected chi connectivity index (χ4v) is 5.56. The van der Waals surface area contributed by atoms with Crippen LogP contribution < -0.4 is 16.3 Å². The van der Waals surface area contributed by atoms with E-state index in [9.17, 15) is 9.59 Å². The highest BCUT2D eigenvalue weighted by Crippen LogP contribution is 2.33. The molecule has 1 saturated carbocycles. The van der Waals surface area contributed by atoms with Gasteiger partial charge in [0.1, 0.15) is 11.2 Å². The molecule has 1 amide bonds. The van der Waals surface area contributed by atoms with Gasteiger partial charge in [0.2, 0.25) is 0 Å². The quantitative estimate of drug-likeness (QED) is 0.579. The predicted octanol–water partition coefficient (Wildman–Crippen LogP) is 2.13. The van der Waals surface area contributed by atoms with Gasteiger partial charge >= 0.3 is 6.92 Å². The molecule has 2 aliphatic heterocycles. The van der Waals surface area contributed by atoms with Crippen molar-refractivity contribution < 1.29 is 18.9 Å². The zero-order valence-electron chi connectivity index (χ0n) is 23.3. The van der Waals surface area contributed by atoms with Crippen LogP contribution in [-0.2, 0) is 20.7 Å². The highest BCUT2D eigenvalue weighted by atomic mass is 16.6. The van der Waals surface area contributed by atoms with Gasteiger partial charge in [0.15, 0.2) is 0 Å². The molecular formula is C28H41BN4O5. The van der Waals surface area contributed by atoms with Gasteiger partial charge in [-0.15, -0.1) is 0 Å². The Morgan fingerprint density at radius 2 is 1.82 bits per heavy atom. The summed E-state index contributed by atoms with van der Waals surface area (Å²) in [6.07, 6.45) is 7.11. The Morgan fingerprint density at radius 3 is 2.53 bits per heavy atom. The normalized spacial score (nSPS) is 22.5. The number of hydrogen-bond donors (Lipinski definition) is 1. The van der Waals surface area contributed by atoms with Crippen LogP contribution in [0.4, 0.5) is 0 Å². The van der Waals surface area contributed by atoms with Gasteiger partial charge in [0.05, 0.1) is 30.9 Å². The summed E-state index contributed by atoms with van der Waals surface area (Å²) >= 11 is 0. The van der Waals surface area contributed by atoms with Crippen LogP contribution >= 0.6 is 0 Å². The molecule has 2 aromatic heterocycles. The van der Waals surface area contributed by atoms with E-state index in [0.717, 1.165) is 49.6 Å². The SMILES string of the molecule is CC1(C)OCB(c2cnc3c(c2)cc(C(=O)NC2CCCCC2)c(=O)n3CCN2CCOCC2)OC1(C)C. The molecule has 5 rings (SSSR count). The molecule has 2 aromatic rings. The summed E-state index contributed by atoms with van der Waals surface area (Å²) in [6.45, 7) is 12.4. The van der Waals surface area contributed by atoms with E-state index in [1.54, 1.807) is 16.8 Å². The van der Waals surface area contributed by atoms with Crippen LogP contribution in [0.15, 0.2) is 23.1 Å². The van der Waals surface area contributed by atoms with E-state index >= 15 is 0 Å². The Balaban J connectivity index is 1.48. The Kier molecular flexibility index (Phi) is 7.96. The zero-order valence-corrected chi connectivity index (χ0v) is 23.3. The lowest BCUT2D eigenvalue weighted by Gasteiger charge is -2.47. The van der Waals surface area contributed by atoms with Gasteiger partial charge in [0, 0.05) is 43.8 Å². The molecule has 0 radical (unpaired) electrons. The van der Waals surface area contributed by atoms with Gasteiger partial charge in [-0.1, -0.05) is 25.3 Å². The molecule has 0 spiro atoms. The standard InChI is InChI=1S/C28H41BN4O5/c1-27(2)28(3,4)38-29(19-37-27)21-16-20-17-23(25(34)31-22-8-6-5-7-9-22)26(35)33(24(20)30-18-21)11-10-32-12-14-36-15-13-32/h16-18,22H,5-15,19H2,1-4H3,(H,31,34). The van der Waals surface area contributed by atoms with E-state index in [-0.39, 0.29) is 30.0 Å². The van der Waals surface area contributed by atoms with Crippen molar-refractivity contribution in [1.29, 1.82) is 0 Å². The fourth-order valence-electron chi connectivity index (χ4n) is 5.56. The summed E-state index contributed by atoms with van der Waals surface area (Å²) in [4.78, 5) is 34.0. The fraction of sp³-hybridized carbons (Fsp3) is 0.679. The summed E-state index contributed by atoms with van der Waals surface area (Å²) in [6, 6.07) is 3.82. The minimum absolute atomic E-state index is 0.121. The smallest absolute Gasteiger partial charge is 0.355 e. The average molecular weight is 524 g/mol. The van der Waals surface area contributed by atoms with Gasteiger partial charge in [0.25, 0.3) is 11.5 Å². The summed E-state index contributed by atoms with van der Waals surface area (Å²) in [5, 5.41) is 3.88. The van der Waals surface area contributed by atoms with Crippen LogP contribution in [0.3, 0.4) is 0 Å². The van der Waals surface area contributed by atoms with Crippen molar-refractivity contribution in [3.8, 4) is 0 Å². The molecule has 1 aliphatic carbocycles. The molecule has 2 saturated heterocycles. The second-order valence-electron chi connectivity index (χ2n) is 11.9. The zero-order chi connectivity index (χ0) is 26.9. The molecule has 4 heterocycles. The van der Waals surface area contributed by atoms with E-state index in [1.165, 1.54) is 6.42 Å². The molecule has 38 heavy (non-hydrogen) atoms. The Hall–Kier alpha value is -2.27. The van der Waals surface area contributed by atoms with Gasteiger partial charge in [-0.25, -0.2) is 4.98 Å². The monoisotopic (exact) mass is 524 g/mol. The first-order valence-corrected chi connectivity index (χ1v) is 14.1. The highest BCUT2D eigenvalue weighted by Gasteiger charge is 2.46. The topological polar surface area (TPSA) is 94.9 Å². The first-order valence-electron chi connectivity index (χ1n) is 14.1. The number of carbonyl (C=O) groups is 1. The van der Waals surface area contributed by atoms with E-state index < -0.39 is 11.2 Å². The number of hydrogen-bond acceptors (Lipinski definition) is 7. The average Bonchev–Trinajstić information content (AvgIpc) is 2.90. The van der Waals surface area contributed by atoms with Gasteiger partial charge in [-0.2, -0.15) is 0 Å². The van der Waals surface area contributed by atoms with Crippen molar-refractivity contribution in [2.24, 2.45) is 0 Å². The summed E-state index contributed by atoms with van der Waals surface area (Å²) in [5.41, 5.74) is 0.423. The number of rotatable bonds is 6. The maximum atomic E-state index is 13.7. The molecular weight excluding hydrogens is 483 g/mol. The van der Waals surface area contributed by atoms with Crippen molar-refractivity contribution in [1.82, 2.24) is 19.8 Å². The molecule has 10 heteroatoms. The summed E-state index contributed by atoms with van der Waals surface area (Å²) in [5.74, 6) is -0.297. The Labute approximate surface area is 225 Å². The van der Waals surface area contributed by atoms with Crippen molar-refractivity contribution in [3.05, 3.63) is 34.2 Å². The second kappa shape index (κ2) is 11.1. The lowest BCUT2D eigenvalue weighted by Crippen LogP contribution is -2.61. The number of fused-ring (bicyclic) bond motifs is 1. The maximum Gasteiger partial charge on any atom is 0.355 e.